The maximum Gasteiger partial charge on any atom is 0.255 e. The second kappa shape index (κ2) is 9.69. The highest BCUT2D eigenvalue weighted by molar-refractivity contribution is 9.10. The summed E-state index contributed by atoms with van der Waals surface area (Å²) in [5.74, 6) is -0.745. The number of rotatable bonds is 7. The van der Waals surface area contributed by atoms with Crippen molar-refractivity contribution in [1.82, 2.24) is 5.32 Å². The minimum absolute atomic E-state index is 0.149. The Kier molecular flexibility index (Phi) is 7.02. The van der Waals surface area contributed by atoms with Gasteiger partial charge in [0, 0.05) is 22.3 Å². The summed E-state index contributed by atoms with van der Waals surface area (Å²) in [6.45, 7) is 0.149. The normalized spacial score (nSPS) is 11.4. The molecule has 0 spiro atoms. The van der Waals surface area contributed by atoms with E-state index in [1.807, 2.05) is 18.2 Å². The quantitative estimate of drug-likeness (QED) is 0.494. The summed E-state index contributed by atoms with van der Waals surface area (Å²) in [5, 5.41) is 3.79. The zero-order valence-corrected chi connectivity index (χ0v) is 18.1. The second-order valence-electron chi connectivity index (χ2n) is 6.36. The van der Waals surface area contributed by atoms with Gasteiger partial charge in [-0.2, -0.15) is 0 Å². The molecule has 0 bridgehead atoms. The average molecular weight is 489 g/mol. The molecule has 0 fully saturated rings. The van der Waals surface area contributed by atoms with Crippen molar-refractivity contribution in [3.8, 4) is 0 Å². The summed E-state index contributed by atoms with van der Waals surface area (Å²) >= 11 is 3.31. The van der Waals surface area contributed by atoms with Crippen molar-refractivity contribution >= 4 is 43.6 Å². The van der Waals surface area contributed by atoms with Crippen molar-refractivity contribution in [3.63, 3.8) is 0 Å². The number of carbonyl (C=O) groups is 1. The van der Waals surface area contributed by atoms with Crippen LogP contribution in [0, 0.1) is 5.82 Å². The van der Waals surface area contributed by atoms with Gasteiger partial charge in [-0.3, -0.25) is 9.52 Å². The molecule has 0 radical (unpaired) electrons. The van der Waals surface area contributed by atoms with E-state index in [2.05, 4.69) is 26.0 Å². The molecule has 0 aliphatic carbocycles. The van der Waals surface area contributed by atoms with Gasteiger partial charge in [0.25, 0.3) is 15.9 Å². The molecular formula is C22H18BrFN2O3S. The van der Waals surface area contributed by atoms with Crippen molar-refractivity contribution in [2.75, 3.05) is 4.72 Å². The number of sulfonamides is 1. The highest BCUT2D eigenvalue weighted by Gasteiger charge is 2.10. The number of amides is 1. The van der Waals surface area contributed by atoms with E-state index < -0.39 is 10.0 Å². The molecule has 2 N–H and O–H groups in total. The van der Waals surface area contributed by atoms with Gasteiger partial charge in [0.1, 0.15) is 5.82 Å². The predicted molar refractivity (Wildman–Crippen MR) is 120 cm³/mol. The van der Waals surface area contributed by atoms with E-state index in [4.69, 9.17) is 0 Å². The Labute approximate surface area is 182 Å². The van der Waals surface area contributed by atoms with Gasteiger partial charge < -0.3 is 5.32 Å². The van der Waals surface area contributed by atoms with Crippen molar-refractivity contribution in [2.24, 2.45) is 0 Å². The van der Waals surface area contributed by atoms with Crippen LogP contribution in [0.1, 0.15) is 21.5 Å². The molecule has 0 atom stereocenters. The van der Waals surface area contributed by atoms with Crippen LogP contribution in [0.2, 0.25) is 0 Å². The standard InChI is InChI=1S/C22H18BrFN2O3S/c23-21-11-8-19(24)14-18(21)15-25-22(27)17-6-9-20(10-7-17)26-30(28,29)13-12-16-4-2-1-3-5-16/h1-14,26H,15H2,(H,25,27). The first-order valence-electron chi connectivity index (χ1n) is 8.90. The number of hydrogen-bond acceptors (Lipinski definition) is 3. The van der Waals surface area contributed by atoms with Crippen LogP contribution in [0.3, 0.4) is 0 Å². The summed E-state index contributed by atoms with van der Waals surface area (Å²) in [6, 6.07) is 19.3. The molecule has 0 unspecified atom stereocenters. The lowest BCUT2D eigenvalue weighted by molar-refractivity contribution is 0.0951. The SMILES string of the molecule is O=C(NCc1cc(F)ccc1Br)c1ccc(NS(=O)(=O)C=Cc2ccccc2)cc1. The van der Waals surface area contributed by atoms with Crippen LogP contribution in [-0.2, 0) is 16.6 Å². The van der Waals surface area contributed by atoms with Gasteiger partial charge in [0.05, 0.1) is 5.41 Å². The van der Waals surface area contributed by atoms with Crippen LogP contribution in [0.5, 0.6) is 0 Å². The topological polar surface area (TPSA) is 75.3 Å². The molecule has 5 nitrogen and oxygen atoms in total. The molecule has 154 valence electrons. The number of hydrogen-bond donors (Lipinski definition) is 2. The van der Waals surface area contributed by atoms with Gasteiger partial charge in [0.2, 0.25) is 0 Å². The minimum Gasteiger partial charge on any atom is -0.348 e. The molecule has 30 heavy (non-hydrogen) atoms. The number of halogens is 2. The van der Waals surface area contributed by atoms with Crippen molar-refractivity contribution in [3.05, 3.63) is 105 Å². The van der Waals surface area contributed by atoms with E-state index in [0.29, 0.717) is 21.3 Å². The average Bonchev–Trinajstić information content (AvgIpc) is 2.74. The number of benzene rings is 3. The third kappa shape index (κ3) is 6.27. The Balaban J connectivity index is 1.60. The largest absolute Gasteiger partial charge is 0.348 e. The molecule has 0 aliphatic rings. The molecule has 0 heterocycles. The van der Waals surface area contributed by atoms with Crippen molar-refractivity contribution in [2.45, 2.75) is 6.54 Å². The summed E-state index contributed by atoms with van der Waals surface area (Å²) in [4.78, 5) is 12.3. The Bertz CT molecular complexity index is 1160. The van der Waals surface area contributed by atoms with Crippen LogP contribution in [0.25, 0.3) is 6.08 Å². The monoisotopic (exact) mass is 488 g/mol. The molecule has 1 amide bonds. The smallest absolute Gasteiger partial charge is 0.255 e. The van der Waals surface area contributed by atoms with E-state index in [0.717, 1.165) is 11.0 Å². The van der Waals surface area contributed by atoms with Crippen molar-refractivity contribution < 1.29 is 17.6 Å². The molecule has 3 rings (SSSR count). The first-order valence-corrected chi connectivity index (χ1v) is 11.2. The van der Waals surface area contributed by atoms with Crippen LogP contribution in [0.15, 0.2) is 82.7 Å². The molecule has 8 heteroatoms. The van der Waals surface area contributed by atoms with E-state index in [1.54, 1.807) is 18.2 Å². The number of anilines is 1. The summed E-state index contributed by atoms with van der Waals surface area (Å²) < 4.78 is 40.9. The van der Waals surface area contributed by atoms with Gasteiger partial charge in [0.15, 0.2) is 0 Å². The molecule has 0 aliphatic heterocycles. The molecule has 0 saturated heterocycles. The fourth-order valence-electron chi connectivity index (χ4n) is 2.58. The maximum absolute atomic E-state index is 13.3. The van der Waals surface area contributed by atoms with Gasteiger partial charge >= 0.3 is 0 Å². The highest BCUT2D eigenvalue weighted by atomic mass is 79.9. The summed E-state index contributed by atoms with van der Waals surface area (Å²) in [6.07, 6.45) is 1.49. The first kappa shape index (κ1) is 21.7. The van der Waals surface area contributed by atoms with Gasteiger partial charge in [-0.15, -0.1) is 0 Å². The van der Waals surface area contributed by atoms with E-state index in [9.17, 15) is 17.6 Å². The van der Waals surface area contributed by atoms with E-state index >= 15 is 0 Å². The van der Waals surface area contributed by atoms with Crippen LogP contribution < -0.4 is 10.0 Å². The lowest BCUT2D eigenvalue weighted by atomic mass is 10.2. The molecule has 3 aromatic rings. The number of carbonyl (C=O) groups excluding carboxylic acids is 1. The lowest BCUT2D eigenvalue weighted by Crippen LogP contribution is -2.23. The van der Waals surface area contributed by atoms with E-state index in [-0.39, 0.29) is 18.3 Å². The van der Waals surface area contributed by atoms with Crippen LogP contribution >= 0.6 is 15.9 Å². The van der Waals surface area contributed by atoms with Gasteiger partial charge in [-0.05, 0) is 59.7 Å². The Morgan fingerprint density at radius 3 is 2.40 bits per heavy atom. The Morgan fingerprint density at radius 2 is 1.70 bits per heavy atom. The van der Waals surface area contributed by atoms with Gasteiger partial charge in [-0.1, -0.05) is 46.3 Å². The third-order valence-corrected chi connectivity index (χ3v) is 5.88. The van der Waals surface area contributed by atoms with Gasteiger partial charge in [-0.25, -0.2) is 12.8 Å². The third-order valence-electron chi connectivity index (χ3n) is 4.09. The fraction of sp³-hybridized carbons (Fsp3) is 0.0455. The fourth-order valence-corrected chi connectivity index (χ4v) is 3.83. The van der Waals surface area contributed by atoms with Crippen LogP contribution in [0.4, 0.5) is 10.1 Å². The molecule has 0 aromatic heterocycles. The zero-order chi connectivity index (χ0) is 21.6. The maximum atomic E-state index is 13.3. The first-order chi connectivity index (χ1) is 14.3. The zero-order valence-electron chi connectivity index (χ0n) is 15.7. The van der Waals surface area contributed by atoms with E-state index in [1.165, 1.54) is 42.5 Å². The van der Waals surface area contributed by atoms with Crippen LogP contribution in [-0.4, -0.2) is 14.3 Å². The number of nitrogens with one attached hydrogen (secondary N) is 2. The highest BCUT2D eigenvalue weighted by Crippen LogP contribution is 2.18. The Hall–Kier alpha value is -2.97. The second-order valence-corrected chi connectivity index (χ2v) is 8.78. The molecule has 0 saturated carbocycles. The minimum atomic E-state index is -3.69. The summed E-state index contributed by atoms with van der Waals surface area (Å²) in [7, 11) is -3.69. The molecule has 3 aromatic carbocycles. The lowest BCUT2D eigenvalue weighted by Gasteiger charge is -2.09. The Morgan fingerprint density at radius 1 is 1.00 bits per heavy atom. The predicted octanol–water partition coefficient (Wildman–Crippen LogP) is 4.93. The summed E-state index contributed by atoms with van der Waals surface area (Å²) in [5.41, 5.74) is 2.06. The molecular weight excluding hydrogens is 471 g/mol. The van der Waals surface area contributed by atoms with Crippen molar-refractivity contribution in [1.29, 1.82) is 0 Å².